The summed E-state index contributed by atoms with van der Waals surface area (Å²) >= 11 is 0. The van der Waals surface area contributed by atoms with Crippen molar-refractivity contribution in [1.82, 2.24) is 10.6 Å². The number of guanidine groups is 1. The Balaban J connectivity index is 0.00000264. The van der Waals surface area contributed by atoms with E-state index in [1.54, 1.807) is 0 Å². The third-order valence-corrected chi connectivity index (χ3v) is 4.04. The molecule has 2 rings (SSSR count). The largest absolute Gasteiger partial charge is 0.508 e. The minimum atomic E-state index is 0. The van der Waals surface area contributed by atoms with Crippen LogP contribution in [-0.4, -0.2) is 24.2 Å². The summed E-state index contributed by atoms with van der Waals surface area (Å²) < 4.78 is 0. The van der Waals surface area contributed by atoms with E-state index in [2.05, 4.69) is 42.5 Å². The first-order chi connectivity index (χ1) is 10.6. The number of fused-ring (bicyclic) bond motifs is 1. The zero-order valence-corrected chi connectivity index (χ0v) is 16.8. The Labute approximate surface area is 157 Å². The van der Waals surface area contributed by atoms with Crippen molar-refractivity contribution >= 4 is 29.9 Å². The van der Waals surface area contributed by atoms with Crippen LogP contribution >= 0.6 is 24.0 Å². The topological polar surface area (TPSA) is 56.7 Å². The van der Waals surface area contributed by atoms with Crippen molar-refractivity contribution in [2.24, 2.45) is 10.9 Å². The number of aliphatic imine (C=N–C) groups is 1. The molecule has 0 saturated carbocycles. The van der Waals surface area contributed by atoms with E-state index in [0.29, 0.717) is 18.2 Å². The molecule has 3 N–H and O–H groups in total. The van der Waals surface area contributed by atoms with Crippen molar-refractivity contribution in [2.45, 2.75) is 53.0 Å². The second kappa shape index (κ2) is 10.0. The number of phenolic OH excluding ortho intramolecular Hbond substituents is 1. The molecular formula is C18H30IN3O. The molecule has 0 aliphatic heterocycles. The van der Waals surface area contributed by atoms with Gasteiger partial charge in [-0.3, -0.25) is 0 Å². The summed E-state index contributed by atoms with van der Waals surface area (Å²) in [7, 11) is 0. The number of hydrogen-bond acceptors (Lipinski definition) is 2. The molecule has 0 saturated heterocycles. The first-order valence-electron chi connectivity index (χ1n) is 8.46. The number of hydrogen-bond donors (Lipinski definition) is 3. The fourth-order valence-corrected chi connectivity index (χ4v) is 2.87. The van der Waals surface area contributed by atoms with Crippen molar-refractivity contribution in [3.63, 3.8) is 0 Å². The minimum Gasteiger partial charge on any atom is -0.508 e. The molecular weight excluding hydrogens is 401 g/mol. The number of aromatic hydroxyl groups is 1. The van der Waals surface area contributed by atoms with Gasteiger partial charge in [-0.2, -0.15) is 0 Å². The highest BCUT2D eigenvalue weighted by Gasteiger charge is 2.16. The van der Waals surface area contributed by atoms with Crippen LogP contribution in [0.2, 0.25) is 0 Å². The molecule has 0 radical (unpaired) electrons. The van der Waals surface area contributed by atoms with E-state index in [1.807, 2.05) is 6.07 Å². The molecule has 0 aromatic heterocycles. The van der Waals surface area contributed by atoms with E-state index in [1.165, 1.54) is 24.0 Å². The zero-order chi connectivity index (χ0) is 15.9. The number of rotatable bonds is 5. The van der Waals surface area contributed by atoms with Gasteiger partial charge in [-0.05, 0) is 55.7 Å². The van der Waals surface area contributed by atoms with Crippen LogP contribution in [0, 0.1) is 5.92 Å². The van der Waals surface area contributed by atoms with Crippen molar-refractivity contribution in [2.75, 3.05) is 13.1 Å². The molecule has 23 heavy (non-hydrogen) atoms. The molecule has 0 heterocycles. The van der Waals surface area contributed by atoms with E-state index in [9.17, 15) is 5.11 Å². The molecule has 0 bridgehead atoms. The quantitative estimate of drug-likeness (QED) is 0.380. The van der Waals surface area contributed by atoms with Crippen molar-refractivity contribution < 1.29 is 5.11 Å². The number of benzene rings is 1. The first-order valence-corrected chi connectivity index (χ1v) is 8.46. The average Bonchev–Trinajstić information content (AvgIpc) is 2.51. The van der Waals surface area contributed by atoms with Gasteiger partial charge in [0.1, 0.15) is 5.75 Å². The van der Waals surface area contributed by atoms with Gasteiger partial charge in [0.25, 0.3) is 0 Å². The van der Waals surface area contributed by atoms with Crippen LogP contribution in [0.4, 0.5) is 0 Å². The zero-order valence-electron chi connectivity index (χ0n) is 14.5. The molecule has 0 unspecified atom stereocenters. The molecule has 1 aliphatic carbocycles. The SMILES string of the molecule is CCNC(=NCc1c(O)ccc2c1CCCC2)NCC(C)C.I. The minimum absolute atomic E-state index is 0. The summed E-state index contributed by atoms with van der Waals surface area (Å²) in [5.74, 6) is 1.77. The van der Waals surface area contributed by atoms with Crippen LogP contribution in [0.25, 0.3) is 0 Å². The number of nitrogens with zero attached hydrogens (tertiary/aromatic N) is 1. The second-order valence-corrected chi connectivity index (χ2v) is 6.38. The van der Waals surface area contributed by atoms with Crippen molar-refractivity contribution in [3.8, 4) is 5.75 Å². The summed E-state index contributed by atoms with van der Waals surface area (Å²) in [5, 5.41) is 16.8. The Morgan fingerprint density at radius 3 is 2.65 bits per heavy atom. The maximum atomic E-state index is 10.2. The number of aryl methyl sites for hydroxylation is 1. The lowest BCUT2D eigenvalue weighted by atomic mass is 9.88. The molecule has 130 valence electrons. The third kappa shape index (κ3) is 5.86. The average molecular weight is 431 g/mol. The highest BCUT2D eigenvalue weighted by atomic mass is 127. The molecule has 1 aromatic rings. The van der Waals surface area contributed by atoms with Crippen LogP contribution < -0.4 is 10.6 Å². The van der Waals surface area contributed by atoms with Crippen LogP contribution in [0.5, 0.6) is 5.75 Å². The van der Waals surface area contributed by atoms with E-state index in [4.69, 9.17) is 0 Å². The molecule has 0 atom stereocenters. The predicted molar refractivity (Wildman–Crippen MR) is 108 cm³/mol. The van der Waals surface area contributed by atoms with Gasteiger partial charge in [0.05, 0.1) is 6.54 Å². The lowest BCUT2D eigenvalue weighted by molar-refractivity contribution is 0.465. The molecule has 0 spiro atoms. The van der Waals surface area contributed by atoms with Gasteiger partial charge >= 0.3 is 0 Å². The first kappa shape index (κ1) is 20.1. The Morgan fingerprint density at radius 2 is 1.96 bits per heavy atom. The molecule has 0 amide bonds. The Morgan fingerprint density at radius 1 is 1.22 bits per heavy atom. The smallest absolute Gasteiger partial charge is 0.191 e. The summed E-state index contributed by atoms with van der Waals surface area (Å²) in [6, 6.07) is 3.89. The normalized spacial score (nSPS) is 14.2. The van der Waals surface area contributed by atoms with Crippen molar-refractivity contribution in [3.05, 3.63) is 28.8 Å². The number of nitrogens with one attached hydrogen (secondary N) is 2. The Kier molecular flexibility index (Phi) is 8.73. The third-order valence-electron chi connectivity index (χ3n) is 4.04. The summed E-state index contributed by atoms with van der Waals surface area (Å²) in [5.41, 5.74) is 3.70. The molecule has 0 fully saturated rings. The summed E-state index contributed by atoms with van der Waals surface area (Å²) in [4.78, 5) is 4.66. The maximum Gasteiger partial charge on any atom is 0.191 e. The van der Waals surface area contributed by atoms with Gasteiger partial charge in [-0.1, -0.05) is 19.9 Å². The van der Waals surface area contributed by atoms with E-state index >= 15 is 0 Å². The van der Waals surface area contributed by atoms with Gasteiger partial charge in [0, 0.05) is 18.7 Å². The van der Waals surface area contributed by atoms with Crippen LogP contribution in [-0.2, 0) is 19.4 Å². The van der Waals surface area contributed by atoms with Gasteiger partial charge in [0.15, 0.2) is 5.96 Å². The van der Waals surface area contributed by atoms with Crippen LogP contribution in [0.3, 0.4) is 0 Å². The Bertz CT molecular complexity index is 529. The fourth-order valence-electron chi connectivity index (χ4n) is 2.87. The van der Waals surface area contributed by atoms with Gasteiger partial charge < -0.3 is 15.7 Å². The van der Waals surface area contributed by atoms with Crippen molar-refractivity contribution in [1.29, 1.82) is 0 Å². The number of phenols is 1. The van der Waals surface area contributed by atoms with Crippen LogP contribution in [0.1, 0.15) is 50.3 Å². The Hall–Kier alpha value is -0.980. The number of halogens is 1. The lowest BCUT2D eigenvalue weighted by Gasteiger charge is -2.20. The second-order valence-electron chi connectivity index (χ2n) is 6.38. The van der Waals surface area contributed by atoms with E-state index in [-0.39, 0.29) is 24.0 Å². The molecule has 5 heteroatoms. The monoisotopic (exact) mass is 431 g/mol. The lowest BCUT2D eigenvalue weighted by Crippen LogP contribution is -2.39. The standard InChI is InChI=1S/C18H29N3O.HI/c1-4-19-18(20-11-13(2)3)21-12-16-15-8-6-5-7-14(15)9-10-17(16)22;/h9-10,13,22H,4-8,11-12H2,1-3H3,(H2,19,20,21);1H. The van der Waals surface area contributed by atoms with Gasteiger partial charge in [-0.25, -0.2) is 4.99 Å². The molecule has 1 aromatic carbocycles. The highest BCUT2D eigenvalue weighted by Crippen LogP contribution is 2.30. The van der Waals surface area contributed by atoms with E-state index in [0.717, 1.165) is 37.5 Å². The summed E-state index contributed by atoms with van der Waals surface area (Å²) in [6.07, 6.45) is 4.64. The van der Waals surface area contributed by atoms with Gasteiger partial charge in [0.2, 0.25) is 0 Å². The summed E-state index contributed by atoms with van der Waals surface area (Å²) in [6.45, 7) is 8.68. The highest BCUT2D eigenvalue weighted by molar-refractivity contribution is 14.0. The van der Waals surface area contributed by atoms with Crippen LogP contribution in [0.15, 0.2) is 17.1 Å². The molecule has 4 nitrogen and oxygen atoms in total. The molecule has 1 aliphatic rings. The maximum absolute atomic E-state index is 10.2. The van der Waals surface area contributed by atoms with Gasteiger partial charge in [-0.15, -0.1) is 24.0 Å². The van der Waals surface area contributed by atoms with E-state index < -0.39 is 0 Å². The fraction of sp³-hybridized carbons (Fsp3) is 0.611. The predicted octanol–water partition coefficient (Wildman–Crippen LogP) is 3.60.